The van der Waals surface area contributed by atoms with Gasteiger partial charge >= 0.3 is 0 Å². The molecule has 2 rings (SSSR count). The molecule has 2 nitrogen and oxygen atoms in total. The summed E-state index contributed by atoms with van der Waals surface area (Å²) in [7, 11) is 0. The molecule has 1 heterocycles. The number of halogens is 1. The molecule has 1 radical (unpaired) electrons. The Morgan fingerprint density at radius 3 is 3.10 bits per heavy atom. The highest BCUT2D eigenvalue weighted by atomic mass is 79.9. The minimum Gasteiger partial charge on any atom is -0.271 e. The van der Waals surface area contributed by atoms with E-state index < -0.39 is 0 Å². The zero-order chi connectivity index (χ0) is 6.97. The molecule has 0 aromatic carbocycles. The van der Waals surface area contributed by atoms with Gasteiger partial charge in [-0.05, 0) is 34.7 Å². The summed E-state index contributed by atoms with van der Waals surface area (Å²) in [5.74, 6) is 0.889. The van der Waals surface area contributed by atoms with Crippen molar-refractivity contribution in [2.45, 2.75) is 19.4 Å². The normalized spacial score (nSPS) is 17.7. The van der Waals surface area contributed by atoms with E-state index in [-0.39, 0.29) is 0 Å². The Labute approximate surface area is 68.4 Å². The smallest absolute Gasteiger partial charge is 0.128 e. The highest BCUT2D eigenvalue weighted by Gasteiger charge is 2.21. The van der Waals surface area contributed by atoms with Gasteiger partial charge in [-0.15, -0.1) is 0 Å². The van der Waals surface area contributed by atoms with E-state index in [0.717, 1.165) is 16.9 Å². The molecule has 1 aliphatic carbocycles. The van der Waals surface area contributed by atoms with Crippen LogP contribution in [-0.2, 0) is 6.54 Å². The molecule has 3 heteroatoms. The van der Waals surface area contributed by atoms with Crippen LogP contribution < -0.4 is 0 Å². The van der Waals surface area contributed by atoms with E-state index in [4.69, 9.17) is 0 Å². The van der Waals surface area contributed by atoms with Gasteiger partial charge in [0.1, 0.15) is 6.20 Å². The minimum atomic E-state index is 0.889. The third kappa shape index (κ3) is 1.40. The third-order valence-electron chi connectivity index (χ3n) is 1.69. The summed E-state index contributed by atoms with van der Waals surface area (Å²) < 4.78 is 2.90. The Kier molecular flexibility index (Phi) is 1.52. The summed E-state index contributed by atoms with van der Waals surface area (Å²) in [6.45, 7) is 1.07. The van der Waals surface area contributed by atoms with Crippen LogP contribution in [-0.4, -0.2) is 9.78 Å². The summed E-state index contributed by atoms with van der Waals surface area (Å²) >= 11 is 3.30. The standard InChI is InChI=1S/C7H8BrN2/c8-7-3-9-10(5-7)4-6-1-2-6/h5-6H,1-2,4H2. The fourth-order valence-corrected chi connectivity index (χ4v) is 1.27. The fraction of sp³-hybridized carbons (Fsp3) is 0.571. The van der Waals surface area contributed by atoms with Crippen LogP contribution in [0.25, 0.3) is 0 Å². The molecule has 0 saturated heterocycles. The van der Waals surface area contributed by atoms with Crippen LogP contribution in [0.15, 0.2) is 10.7 Å². The first-order valence-electron chi connectivity index (χ1n) is 3.45. The van der Waals surface area contributed by atoms with Gasteiger partial charge in [0.15, 0.2) is 0 Å². The van der Waals surface area contributed by atoms with Crippen molar-refractivity contribution in [3.05, 3.63) is 16.9 Å². The van der Waals surface area contributed by atoms with Crippen LogP contribution in [0.1, 0.15) is 12.8 Å². The second kappa shape index (κ2) is 2.38. The van der Waals surface area contributed by atoms with Gasteiger partial charge in [-0.25, -0.2) is 0 Å². The van der Waals surface area contributed by atoms with E-state index in [1.807, 2.05) is 10.9 Å². The van der Waals surface area contributed by atoms with Crippen molar-refractivity contribution >= 4 is 15.9 Å². The van der Waals surface area contributed by atoms with E-state index in [0.29, 0.717) is 0 Å². The summed E-state index contributed by atoms with van der Waals surface area (Å²) in [5, 5.41) is 4.04. The molecule has 10 heavy (non-hydrogen) atoms. The predicted molar refractivity (Wildman–Crippen MR) is 41.5 cm³/mol. The van der Waals surface area contributed by atoms with Crippen LogP contribution in [0.4, 0.5) is 0 Å². The van der Waals surface area contributed by atoms with Crippen LogP contribution in [0.2, 0.25) is 0 Å². The molecular formula is C7H8BrN2. The van der Waals surface area contributed by atoms with Gasteiger partial charge in [0.2, 0.25) is 0 Å². The molecule has 0 unspecified atom stereocenters. The van der Waals surface area contributed by atoms with Gasteiger partial charge in [0, 0.05) is 12.7 Å². The Morgan fingerprint density at radius 2 is 2.60 bits per heavy atom. The van der Waals surface area contributed by atoms with E-state index in [9.17, 15) is 0 Å². The van der Waals surface area contributed by atoms with Crippen LogP contribution in [0, 0.1) is 12.1 Å². The lowest BCUT2D eigenvalue weighted by Crippen LogP contribution is -1.98. The monoisotopic (exact) mass is 199 g/mol. The Balaban J connectivity index is 2.03. The number of aromatic nitrogens is 2. The number of nitrogens with zero attached hydrogens (tertiary/aromatic N) is 2. The van der Waals surface area contributed by atoms with Crippen molar-refractivity contribution in [1.29, 1.82) is 0 Å². The Hall–Kier alpha value is -0.310. The van der Waals surface area contributed by atoms with Gasteiger partial charge in [0.05, 0.1) is 4.47 Å². The molecular weight excluding hydrogens is 192 g/mol. The quantitative estimate of drug-likeness (QED) is 0.712. The number of hydrogen-bond donors (Lipinski definition) is 0. The second-order valence-electron chi connectivity index (χ2n) is 2.75. The molecule has 0 atom stereocenters. The van der Waals surface area contributed by atoms with Crippen molar-refractivity contribution in [3.8, 4) is 0 Å². The van der Waals surface area contributed by atoms with Crippen molar-refractivity contribution in [2.24, 2.45) is 5.92 Å². The highest BCUT2D eigenvalue weighted by molar-refractivity contribution is 9.10. The summed E-state index contributed by atoms with van der Waals surface area (Å²) in [4.78, 5) is 0. The Morgan fingerprint density at radius 1 is 1.80 bits per heavy atom. The molecule has 1 aromatic heterocycles. The first-order chi connectivity index (χ1) is 4.84. The molecule has 53 valence electrons. The van der Waals surface area contributed by atoms with Crippen molar-refractivity contribution in [3.63, 3.8) is 0 Å². The summed E-state index contributed by atoms with van der Waals surface area (Å²) in [6.07, 6.45) is 7.55. The molecule has 1 saturated carbocycles. The molecule has 1 aliphatic rings. The number of rotatable bonds is 2. The second-order valence-corrected chi connectivity index (χ2v) is 3.61. The van der Waals surface area contributed by atoms with Crippen LogP contribution in [0.3, 0.4) is 0 Å². The Bertz CT molecular complexity index is 227. The summed E-state index contributed by atoms with van der Waals surface area (Å²) in [6, 6.07) is 0. The zero-order valence-corrected chi connectivity index (χ0v) is 7.13. The van der Waals surface area contributed by atoms with Crippen LogP contribution >= 0.6 is 15.9 Å². The fourth-order valence-electron chi connectivity index (χ4n) is 0.959. The molecule has 0 amide bonds. The molecule has 0 N–H and O–H groups in total. The van der Waals surface area contributed by atoms with Crippen molar-refractivity contribution in [2.75, 3.05) is 0 Å². The lowest BCUT2D eigenvalue weighted by atomic mass is 10.4. The maximum Gasteiger partial charge on any atom is 0.128 e. The zero-order valence-electron chi connectivity index (χ0n) is 5.55. The van der Waals surface area contributed by atoms with Gasteiger partial charge in [-0.3, -0.25) is 4.68 Å². The van der Waals surface area contributed by atoms with Crippen LogP contribution in [0.5, 0.6) is 0 Å². The maximum atomic E-state index is 4.04. The molecule has 1 aromatic rings. The van der Waals surface area contributed by atoms with E-state index in [1.165, 1.54) is 12.8 Å². The largest absolute Gasteiger partial charge is 0.271 e. The van der Waals surface area contributed by atoms with E-state index in [2.05, 4.69) is 27.2 Å². The topological polar surface area (TPSA) is 17.8 Å². The van der Waals surface area contributed by atoms with Crippen molar-refractivity contribution in [1.82, 2.24) is 9.78 Å². The lowest BCUT2D eigenvalue weighted by Gasteiger charge is -1.94. The van der Waals surface area contributed by atoms with Gasteiger partial charge in [-0.2, -0.15) is 5.10 Å². The molecule has 0 aliphatic heterocycles. The minimum absolute atomic E-state index is 0.889. The predicted octanol–water partition coefficient (Wildman–Crippen LogP) is 1.86. The van der Waals surface area contributed by atoms with Gasteiger partial charge in [-0.1, -0.05) is 0 Å². The third-order valence-corrected chi connectivity index (χ3v) is 2.07. The van der Waals surface area contributed by atoms with E-state index >= 15 is 0 Å². The summed E-state index contributed by atoms with van der Waals surface area (Å²) in [5.41, 5.74) is 0. The number of hydrogen-bond acceptors (Lipinski definition) is 1. The first-order valence-corrected chi connectivity index (χ1v) is 4.24. The highest BCUT2D eigenvalue weighted by Crippen LogP contribution is 2.30. The lowest BCUT2D eigenvalue weighted by molar-refractivity contribution is 0.562. The first kappa shape index (κ1) is 6.40. The van der Waals surface area contributed by atoms with Gasteiger partial charge < -0.3 is 0 Å². The maximum absolute atomic E-state index is 4.04. The molecule has 1 fully saturated rings. The molecule has 0 spiro atoms. The average Bonchev–Trinajstić information content (AvgIpc) is 2.59. The average molecular weight is 200 g/mol. The van der Waals surface area contributed by atoms with Crippen molar-refractivity contribution < 1.29 is 0 Å². The van der Waals surface area contributed by atoms with E-state index in [1.54, 1.807) is 0 Å². The SMILES string of the molecule is Brc1[c]nn(CC2CC2)c1. The molecule has 0 bridgehead atoms. The van der Waals surface area contributed by atoms with Gasteiger partial charge in [0.25, 0.3) is 0 Å².